The average Bonchev–Trinajstić information content (AvgIpc) is 3.31. The highest BCUT2D eigenvalue weighted by Crippen LogP contribution is 2.32. The fraction of sp³-hybridized carbons (Fsp3) is 0.407. The lowest BCUT2D eigenvalue weighted by molar-refractivity contribution is 0.0773. The van der Waals surface area contributed by atoms with Gasteiger partial charge in [-0.2, -0.15) is 5.10 Å². The maximum Gasteiger partial charge on any atom is 0.228 e. The molecule has 1 aliphatic heterocycles. The van der Waals surface area contributed by atoms with Crippen LogP contribution in [0.2, 0.25) is 5.02 Å². The van der Waals surface area contributed by atoms with Crippen molar-refractivity contribution in [2.75, 3.05) is 38.0 Å². The lowest BCUT2D eigenvalue weighted by Gasteiger charge is -2.33. The van der Waals surface area contributed by atoms with Crippen molar-refractivity contribution < 1.29 is 5.11 Å². The number of halogens is 1. The van der Waals surface area contributed by atoms with Gasteiger partial charge in [0.2, 0.25) is 5.95 Å². The van der Waals surface area contributed by atoms with Gasteiger partial charge in [-0.3, -0.25) is 4.90 Å². The van der Waals surface area contributed by atoms with E-state index >= 15 is 0 Å². The van der Waals surface area contributed by atoms with Crippen molar-refractivity contribution in [3.8, 4) is 11.3 Å². The van der Waals surface area contributed by atoms with Crippen LogP contribution in [0, 0.1) is 6.92 Å². The molecule has 2 N–H and O–H groups in total. The van der Waals surface area contributed by atoms with Crippen molar-refractivity contribution in [2.24, 2.45) is 0 Å². The fourth-order valence-electron chi connectivity index (χ4n) is 4.86. The Kier molecular flexibility index (Phi) is 7.13. The molecule has 0 saturated carbocycles. The van der Waals surface area contributed by atoms with Crippen LogP contribution < -0.4 is 5.32 Å². The molecule has 0 aromatic carbocycles. The number of hydrogen-bond donors (Lipinski definition) is 2. The van der Waals surface area contributed by atoms with Gasteiger partial charge in [-0.05, 0) is 45.0 Å². The van der Waals surface area contributed by atoms with Gasteiger partial charge in [0, 0.05) is 55.7 Å². The van der Waals surface area contributed by atoms with E-state index in [0.29, 0.717) is 22.5 Å². The number of nitrogens with one attached hydrogen (secondary N) is 1. The summed E-state index contributed by atoms with van der Waals surface area (Å²) in [7, 11) is 0. The van der Waals surface area contributed by atoms with Crippen LogP contribution in [0.5, 0.6) is 0 Å². The zero-order valence-electron chi connectivity index (χ0n) is 21.7. The number of aryl methyl sites for hydroxylation is 1. The van der Waals surface area contributed by atoms with E-state index in [0.717, 1.165) is 61.6 Å². The van der Waals surface area contributed by atoms with Gasteiger partial charge in [0.1, 0.15) is 5.82 Å². The Bertz CT molecular complexity index is 1390. The maximum absolute atomic E-state index is 10.5. The van der Waals surface area contributed by atoms with Crippen LogP contribution in [0.4, 0.5) is 11.8 Å². The minimum atomic E-state index is -0.972. The van der Waals surface area contributed by atoms with Gasteiger partial charge in [0.25, 0.3) is 0 Å². The molecule has 9 nitrogen and oxygen atoms in total. The Hall–Kier alpha value is -3.11. The van der Waals surface area contributed by atoms with Crippen LogP contribution in [0.15, 0.2) is 42.9 Å². The third kappa shape index (κ3) is 5.45. The summed E-state index contributed by atoms with van der Waals surface area (Å²) < 4.78 is 1.80. The van der Waals surface area contributed by atoms with Gasteiger partial charge in [-0.15, -0.1) is 0 Å². The number of pyridine rings is 2. The van der Waals surface area contributed by atoms with Crippen LogP contribution in [0.25, 0.3) is 16.8 Å². The lowest BCUT2D eigenvalue weighted by atomic mass is 9.96. The quantitative estimate of drug-likeness (QED) is 0.373. The molecule has 4 aromatic heterocycles. The van der Waals surface area contributed by atoms with Gasteiger partial charge in [-0.25, -0.2) is 19.5 Å². The summed E-state index contributed by atoms with van der Waals surface area (Å²) in [4.78, 5) is 18.6. The summed E-state index contributed by atoms with van der Waals surface area (Å²) in [6.07, 6.45) is 5.22. The topological polar surface area (TPSA) is 94.7 Å². The molecule has 37 heavy (non-hydrogen) atoms. The number of hydrogen-bond acceptors (Lipinski definition) is 8. The molecule has 4 aromatic rings. The van der Waals surface area contributed by atoms with E-state index in [4.69, 9.17) is 11.6 Å². The number of likely N-dealkylation sites (N-methyl/N-ethyl adjacent to an activating group) is 1. The largest absolute Gasteiger partial charge is 0.386 e. The first-order chi connectivity index (χ1) is 17.7. The minimum Gasteiger partial charge on any atom is -0.386 e. The van der Waals surface area contributed by atoms with Crippen molar-refractivity contribution in [2.45, 2.75) is 39.8 Å². The van der Waals surface area contributed by atoms with Crippen molar-refractivity contribution in [1.82, 2.24) is 34.4 Å². The van der Waals surface area contributed by atoms with Crippen LogP contribution in [0.3, 0.4) is 0 Å². The molecule has 0 aliphatic carbocycles. The van der Waals surface area contributed by atoms with E-state index in [1.807, 2.05) is 31.3 Å². The molecule has 0 radical (unpaired) electrons. The zero-order valence-corrected chi connectivity index (χ0v) is 22.5. The molecule has 1 aliphatic rings. The van der Waals surface area contributed by atoms with Gasteiger partial charge >= 0.3 is 0 Å². The first-order valence-electron chi connectivity index (χ1n) is 12.6. The van der Waals surface area contributed by atoms with Crippen LogP contribution >= 0.6 is 11.6 Å². The predicted molar refractivity (Wildman–Crippen MR) is 146 cm³/mol. The number of rotatable bonds is 7. The molecule has 1 fully saturated rings. The SMILES string of the molecule is CCN1CCN(Cc2ccc(Nc3ncc(Cl)c(-c4cnn5c(C)c(C(C)(C)O)ccc45)n3)nc2)CC1. The van der Waals surface area contributed by atoms with Crippen molar-refractivity contribution in [1.29, 1.82) is 0 Å². The fourth-order valence-corrected chi connectivity index (χ4v) is 5.05. The summed E-state index contributed by atoms with van der Waals surface area (Å²) in [5.41, 5.74) is 4.08. The van der Waals surface area contributed by atoms with Crippen LogP contribution in [-0.2, 0) is 12.1 Å². The standard InChI is InChI=1S/C27H33ClN8O/c1-5-34-10-12-35(13-11-34)17-19-6-9-24(29-14-19)32-26-30-16-22(28)25(33-26)20-15-31-36-18(2)21(27(3,4)37)7-8-23(20)36/h6-9,14-16,37H,5,10-13,17H2,1-4H3,(H,29,30,32,33). The third-order valence-electron chi connectivity index (χ3n) is 6.96. The summed E-state index contributed by atoms with van der Waals surface area (Å²) in [5.74, 6) is 1.07. The van der Waals surface area contributed by atoms with E-state index < -0.39 is 5.60 Å². The molecule has 0 unspecified atom stereocenters. The van der Waals surface area contributed by atoms with Gasteiger partial charge in [0.05, 0.1) is 34.2 Å². The van der Waals surface area contributed by atoms with Gasteiger partial charge in [-0.1, -0.05) is 30.7 Å². The lowest BCUT2D eigenvalue weighted by Crippen LogP contribution is -2.45. The molecule has 1 saturated heterocycles. The van der Waals surface area contributed by atoms with E-state index in [-0.39, 0.29) is 0 Å². The number of anilines is 2. The molecule has 10 heteroatoms. The summed E-state index contributed by atoms with van der Waals surface area (Å²) >= 11 is 6.51. The summed E-state index contributed by atoms with van der Waals surface area (Å²) in [5, 5.41) is 18.6. The van der Waals surface area contributed by atoms with Crippen LogP contribution in [-0.4, -0.2) is 72.2 Å². The van der Waals surface area contributed by atoms with Crippen LogP contribution in [0.1, 0.15) is 37.6 Å². The predicted octanol–water partition coefficient (Wildman–Crippen LogP) is 4.26. The highest BCUT2D eigenvalue weighted by atomic mass is 35.5. The molecule has 0 atom stereocenters. The van der Waals surface area contributed by atoms with Crippen molar-refractivity contribution >= 4 is 28.9 Å². The zero-order chi connectivity index (χ0) is 26.2. The van der Waals surface area contributed by atoms with E-state index in [1.165, 1.54) is 5.56 Å². The molecular formula is C27H33ClN8O. The highest BCUT2D eigenvalue weighted by molar-refractivity contribution is 6.33. The molecule has 0 bridgehead atoms. The second kappa shape index (κ2) is 10.3. The first kappa shape index (κ1) is 25.5. The Morgan fingerprint density at radius 3 is 2.43 bits per heavy atom. The molecular weight excluding hydrogens is 488 g/mol. The van der Waals surface area contributed by atoms with Crippen molar-refractivity contribution in [3.63, 3.8) is 0 Å². The first-order valence-corrected chi connectivity index (χ1v) is 13.0. The summed E-state index contributed by atoms with van der Waals surface area (Å²) in [6, 6.07) is 7.88. The van der Waals surface area contributed by atoms with E-state index in [2.05, 4.69) is 48.2 Å². The number of piperazine rings is 1. The molecule has 5 heterocycles. The maximum atomic E-state index is 10.5. The average molecular weight is 521 g/mol. The van der Waals surface area contributed by atoms with E-state index in [9.17, 15) is 5.11 Å². The van der Waals surface area contributed by atoms with Gasteiger partial charge in [0.15, 0.2) is 0 Å². The summed E-state index contributed by atoms with van der Waals surface area (Å²) in [6.45, 7) is 14.1. The molecule has 0 amide bonds. The molecule has 5 rings (SSSR count). The number of aromatic nitrogens is 5. The number of fused-ring (bicyclic) bond motifs is 1. The third-order valence-corrected chi connectivity index (χ3v) is 7.24. The van der Waals surface area contributed by atoms with Gasteiger partial charge < -0.3 is 15.3 Å². The Labute approximate surface area is 222 Å². The normalized spacial score (nSPS) is 15.4. The monoisotopic (exact) mass is 520 g/mol. The van der Waals surface area contributed by atoms with Crippen molar-refractivity contribution in [3.05, 3.63) is 64.7 Å². The number of nitrogens with zero attached hydrogens (tertiary/aromatic N) is 7. The second-order valence-electron chi connectivity index (χ2n) is 10.0. The van der Waals surface area contributed by atoms with E-state index in [1.54, 1.807) is 30.8 Å². The molecule has 194 valence electrons. The minimum absolute atomic E-state index is 0.402. The second-order valence-corrected chi connectivity index (χ2v) is 10.4. The number of aliphatic hydroxyl groups is 1. The Morgan fingerprint density at radius 1 is 1.00 bits per heavy atom. The Morgan fingerprint density at radius 2 is 1.76 bits per heavy atom. The highest BCUT2D eigenvalue weighted by Gasteiger charge is 2.22. The molecule has 0 spiro atoms. The smallest absolute Gasteiger partial charge is 0.228 e. The Balaban J connectivity index is 1.33.